The van der Waals surface area contributed by atoms with Gasteiger partial charge in [-0.05, 0) is 68.7 Å². The van der Waals surface area contributed by atoms with Crippen molar-refractivity contribution < 1.29 is 14.1 Å². The molecule has 1 amide bonds. The normalized spacial score (nSPS) is 23.3. The molecule has 0 saturated carbocycles. The molecular formula is C25H33N3O3. The number of likely N-dealkylation sites (tertiary alicyclic amines) is 1. The first-order valence-electron chi connectivity index (χ1n) is 11.6. The Morgan fingerprint density at radius 2 is 1.87 bits per heavy atom. The summed E-state index contributed by atoms with van der Waals surface area (Å²) < 4.78 is 10.8. The SMILES string of the molecule is Cc1noc(C)c1CN1CCC2(CC1)C[C@H](CC(=O)N1CCOCC1)c1ccccc12. The van der Waals surface area contributed by atoms with Gasteiger partial charge < -0.3 is 14.2 Å². The molecule has 2 saturated heterocycles. The van der Waals surface area contributed by atoms with Gasteiger partial charge in [-0.3, -0.25) is 9.69 Å². The molecule has 0 unspecified atom stereocenters. The van der Waals surface area contributed by atoms with Gasteiger partial charge in [-0.25, -0.2) is 0 Å². The molecule has 2 aromatic rings. The van der Waals surface area contributed by atoms with Crippen LogP contribution in [0.25, 0.3) is 0 Å². The molecule has 1 spiro atoms. The molecule has 2 aliphatic heterocycles. The molecule has 0 bridgehead atoms. The van der Waals surface area contributed by atoms with Crippen LogP contribution in [0.15, 0.2) is 28.8 Å². The van der Waals surface area contributed by atoms with Gasteiger partial charge in [0, 0.05) is 31.6 Å². The maximum atomic E-state index is 13.0. The zero-order valence-corrected chi connectivity index (χ0v) is 18.7. The molecule has 1 aromatic carbocycles. The van der Waals surface area contributed by atoms with Crippen molar-refractivity contribution in [2.45, 2.75) is 57.4 Å². The first kappa shape index (κ1) is 20.7. The van der Waals surface area contributed by atoms with E-state index >= 15 is 0 Å². The van der Waals surface area contributed by atoms with Gasteiger partial charge in [0.15, 0.2) is 0 Å². The number of benzene rings is 1. The van der Waals surface area contributed by atoms with Crippen molar-refractivity contribution in [3.8, 4) is 0 Å². The highest BCUT2D eigenvalue weighted by Gasteiger charge is 2.46. The average molecular weight is 424 g/mol. The molecular weight excluding hydrogens is 390 g/mol. The Hall–Kier alpha value is -2.18. The monoisotopic (exact) mass is 423 g/mol. The van der Waals surface area contributed by atoms with Gasteiger partial charge in [-0.1, -0.05) is 29.4 Å². The summed E-state index contributed by atoms with van der Waals surface area (Å²) in [6.07, 6.45) is 4.02. The largest absolute Gasteiger partial charge is 0.378 e. The Kier molecular flexibility index (Phi) is 5.61. The molecule has 1 aromatic heterocycles. The van der Waals surface area contributed by atoms with Gasteiger partial charge in [0.2, 0.25) is 5.91 Å². The number of nitrogens with zero attached hydrogens (tertiary/aromatic N) is 3. The lowest BCUT2D eigenvalue weighted by Gasteiger charge is -2.40. The van der Waals surface area contributed by atoms with Gasteiger partial charge in [0.25, 0.3) is 0 Å². The number of hydrogen-bond donors (Lipinski definition) is 0. The van der Waals surface area contributed by atoms with Crippen LogP contribution in [0, 0.1) is 13.8 Å². The smallest absolute Gasteiger partial charge is 0.223 e. The summed E-state index contributed by atoms with van der Waals surface area (Å²) in [7, 11) is 0. The van der Waals surface area contributed by atoms with E-state index in [0.717, 1.165) is 63.4 Å². The highest BCUT2D eigenvalue weighted by atomic mass is 16.5. The Labute approximate surface area is 184 Å². The van der Waals surface area contributed by atoms with Crippen LogP contribution >= 0.6 is 0 Å². The van der Waals surface area contributed by atoms with Crippen molar-refractivity contribution in [1.29, 1.82) is 0 Å². The van der Waals surface area contributed by atoms with Crippen molar-refractivity contribution in [2.24, 2.45) is 0 Å². The molecule has 0 radical (unpaired) electrons. The molecule has 5 rings (SSSR count). The van der Waals surface area contributed by atoms with E-state index in [1.54, 1.807) is 0 Å². The predicted molar refractivity (Wildman–Crippen MR) is 118 cm³/mol. The molecule has 6 nitrogen and oxygen atoms in total. The fourth-order valence-electron chi connectivity index (χ4n) is 5.93. The third-order valence-corrected chi connectivity index (χ3v) is 7.77. The molecule has 2 fully saturated rings. The van der Waals surface area contributed by atoms with Gasteiger partial charge in [0.05, 0.1) is 18.9 Å². The van der Waals surface area contributed by atoms with Gasteiger partial charge >= 0.3 is 0 Å². The standard InChI is InChI=1S/C25H33N3O3/c1-18-22(19(2)31-26-18)17-27-9-7-25(8-10-27)16-20(21-5-3-4-6-23(21)25)15-24(29)28-11-13-30-14-12-28/h3-6,20H,7-17H2,1-2H3/t20-/m0/s1. The summed E-state index contributed by atoms with van der Waals surface area (Å²) in [6.45, 7) is 9.88. The lowest BCUT2D eigenvalue weighted by molar-refractivity contribution is -0.135. The van der Waals surface area contributed by atoms with E-state index in [0.29, 0.717) is 25.6 Å². The lowest BCUT2D eigenvalue weighted by Crippen LogP contribution is -2.42. The fourth-order valence-corrected chi connectivity index (χ4v) is 5.93. The summed E-state index contributed by atoms with van der Waals surface area (Å²) in [5.41, 5.74) is 5.35. The molecule has 6 heteroatoms. The van der Waals surface area contributed by atoms with E-state index in [9.17, 15) is 4.79 Å². The summed E-state index contributed by atoms with van der Waals surface area (Å²) in [4.78, 5) is 17.5. The minimum atomic E-state index is 0.210. The van der Waals surface area contributed by atoms with E-state index in [-0.39, 0.29) is 11.3 Å². The summed E-state index contributed by atoms with van der Waals surface area (Å²) in [6, 6.07) is 8.88. The van der Waals surface area contributed by atoms with Gasteiger partial charge in [0.1, 0.15) is 5.76 Å². The van der Waals surface area contributed by atoms with Gasteiger partial charge in [-0.2, -0.15) is 0 Å². The van der Waals surface area contributed by atoms with Crippen LogP contribution in [0.1, 0.15) is 59.7 Å². The van der Waals surface area contributed by atoms with Crippen LogP contribution in [0.3, 0.4) is 0 Å². The highest BCUT2D eigenvalue weighted by Crippen LogP contribution is 2.52. The summed E-state index contributed by atoms with van der Waals surface area (Å²) >= 11 is 0. The second-order valence-electron chi connectivity index (χ2n) is 9.54. The van der Waals surface area contributed by atoms with E-state index < -0.39 is 0 Å². The van der Waals surface area contributed by atoms with E-state index in [4.69, 9.17) is 9.26 Å². The summed E-state index contributed by atoms with van der Waals surface area (Å²) in [5, 5.41) is 4.11. The maximum absolute atomic E-state index is 13.0. The van der Waals surface area contributed by atoms with Crippen LogP contribution in [0.5, 0.6) is 0 Å². The highest BCUT2D eigenvalue weighted by molar-refractivity contribution is 5.77. The van der Waals surface area contributed by atoms with Crippen molar-refractivity contribution in [2.75, 3.05) is 39.4 Å². The number of aromatic nitrogens is 1. The van der Waals surface area contributed by atoms with Crippen molar-refractivity contribution in [1.82, 2.24) is 15.0 Å². The molecule has 1 aliphatic carbocycles. The van der Waals surface area contributed by atoms with Crippen LogP contribution in [-0.4, -0.2) is 60.3 Å². The Morgan fingerprint density at radius 1 is 1.13 bits per heavy atom. The number of morpholine rings is 1. The van der Waals surface area contributed by atoms with Crippen LogP contribution in [0.4, 0.5) is 0 Å². The number of aryl methyl sites for hydroxylation is 2. The maximum Gasteiger partial charge on any atom is 0.223 e. The van der Waals surface area contributed by atoms with E-state index in [1.165, 1.54) is 16.7 Å². The Morgan fingerprint density at radius 3 is 2.58 bits per heavy atom. The minimum Gasteiger partial charge on any atom is -0.378 e. The number of fused-ring (bicyclic) bond motifs is 2. The third-order valence-electron chi connectivity index (χ3n) is 7.77. The number of rotatable bonds is 4. The molecule has 31 heavy (non-hydrogen) atoms. The molecule has 1 atom stereocenters. The minimum absolute atomic E-state index is 0.210. The predicted octanol–water partition coefficient (Wildman–Crippen LogP) is 3.56. The zero-order valence-electron chi connectivity index (χ0n) is 18.7. The third kappa shape index (κ3) is 3.92. The second kappa shape index (κ2) is 8.40. The number of carbonyl (C=O) groups is 1. The van der Waals surface area contributed by atoms with Crippen molar-refractivity contribution >= 4 is 5.91 Å². The molecule has 3 heterocycles. The quantitative estimate of drug-likeness (QED) is 0.753. The fraction of sp³-hybridized carbons (Fsp3) is 0.600. The first-order valence-corrected chi connectivity index (χ1v) is 11.6. The molecule has 166 valence electrons. The van der Waals surface area contributed by atoms with Crippen molar-refractivity contribution in [3.63, 3.8) is 0 Å². The summed E-state index contributed by atoms with van der Waals surface area (Å²) in [5.74, 6) is 1.56. The number of amides is 1. The number of ether oxygens (including phenoxy) is 1. The topological polar surface area (TPSA) is 58.8 Å². The average Bonchev–Trinajstić information content (AvgIpc) is 3.28. The second-order valence-corrected chi connectivity index (χ2v) is 9.54. The number of piperidine rings is 1. The first-order chi connectivity index (χ1) is 15.1. The van der Waals surface area contributed by atoms with Crippen LogP contribution < -0.4 is 0 Å². The van der Waals surface area contributed by atoms with Gasteiger partial charge in [-0.15, -0.1) is 0 Å². The molecule has 3 aliphatic rings. The Balaban J connectivity index is 1.28. The lowest BCUT2D eigenvalue weighted by atomic mass is 9.73. The number of hydrogen-bond acceptors (Lipinski definition) is 5. The Bertz CT molecular complexity index is 920. The molecule has 0 N–H and O–H groups in total. The van der Waals surface area contributed by atoms with Crippen LogP contribution in [0.2, 0.25) is 0 Å². The zero-order chi connectivity index (χ0) is 21.4. The van der Waals surface area contributed by atoms with Crippen LogP contribution in [-0.2, 0) is 21.5 Å². The van der Waals surface area contributed by atoms with E-state index in [2.05, 4.69) is 34.3 Å². The number of carbonyl (C=O) groups excluding carboxylic acids is 1. The van der Waals surface area contributed by atoms with Crippen molar-refractivity contribution in [3.05, 3.63) is 52.4 Å². The van der Waals surface area contributed by atoms with E-state index in [1.807, 2.05) is 18.7 Å².